The van der Waals surface area contributed by atoms with Gasteiger partial charge in [0.2, 0.25) is 5.88 Å². The van der Waals surface area contributed by atoms with Crippen LogP contribution in [0, 0.1) is 5.82 Å². The predicted molar refractivity (Wildman–Crippen MR) is 79.4 cm³/mol. The molecule has 2 heterocycles. The summed E-state index contributed by atoms with van der Waals surface area (Å²) in [6.07, 6.45) is 1.50. The van der Waals surface area contributed by atoms with Gasteiger partial charge in [0.05, 0.1) is 12.8 Å². The molecule has 110 valence electrons. The summed E-state index contributed by atoms with van der Waals surface area (Å²) in [5.41, 5.74) is 0.664. The van der Waals surface area contributed by atoms with Crippen molar-refractivity contribution in [2.45, 2.75) is 0 Å². The standard InChI is InChI=1S/C15H17FN4O/c1-21-15-10-14(17-11-18-15)20-8-6-19(7-9-20)13-5-3-2-4-12(13)16/h2-5,10-11H,6-9H2,1H3. The molecule has 0 atom stereocenters. The number of ether oxygens (including phenoxy) is 1. The highest BCUT2D eigenvalue weighted by Gasteiger charge is 2.20. The second-order valence-electron chi connectivity index (χ2n) is 4.84. The van der Waals surface area contributed by atoms with Crippen molar-refractivity contribution in [3.05, 3.63) is 42.5 Å². The molecule has 2 aromatic rings. The summed E-state index contributed by atoms with van der Waals surface area (Å²) in [5.74, 6) is 1.22. The van der Waals surface area contributed by atoms with Crippen LogP contribution in [0.25, 0.3) is 0 Å². The second-order valence-corrected chi connectivity index (χ2v) is 4.84. The van der Waals surface area contributed by atoms with Gasteiger partial charge in [0.1, 0.15) is 18.0 Å². The van der Waals surface area contributed by atoms with Gasteiger partial charge in [-0.15, -0.1) is 0 Å². The van der Waals surface area contributed by atoms with E-state index in [1.54, 1.807) is 13.2 Å². The smallest absolute Gasteiger partial charge is 0.218 e. The zero-order valence-corrected chi connectivity index (χ0v) is 11.9. The molecule has 6 heteroatoms. The monoisotopic (exact) mass is 288 g/mol. The molecule has 0 unspecified atom stereocenters. The first kappa shape index (κ1) is 13.6. The number of hydrogen-bond donors (Lipinski definition) is 0. The number of nitrogens with zero attached hydrogens (tertiary/aromatic N) is 4. The van der Waals surface area contributed by atoms with Crippen molar-refractivity contribution >= 4 is 11.5 Å². The third kappa shape index (κ3) is 2.89. The van der Waals surface area contributed by atoms with E-state index in [0.717, 1.165) is 32.0 Å². The Labute approximate surface area is 123 Å². The molecule has 0 aliphatic carbocycles. The maximum Gasteiger partial charge on any atom is 0.218 e. The molecular weight excluding hydrogens is 271 g/mol. The Morgan fingerprint density at radius 2 is 1.76 bits per heavy atom. The first-order chi connectivity index (χ1) is 10.3. The zero-order valence-electron chi connectivity index (χ0n) is 11.9. The SMILES string of the molecule is COc1cc(N2CCN(c3ccccc3F)CC2)ncn1. The lowest BCUT2D eigenvalue weighted by atomic mass is 10.2. The Morgan fingerprint density at radius 1 is 1.05 bits per heavy atom. The average Bonchev–Trinajstić information content (AvgIpc) is 2.56. The van der Waals surface area contributed by atoms with E-state index in [9.17, 15) is 4.39 Å². The van der Waals surface area contributed by atoms with E-state index >= 15 is 0 Å². The summed E-state index contributed by atoms with van der Waals surface area (Å²) in [5, 5.41) is 0. The zero-order chi connectivity index (χ0) is 14.7. The summed E-state index contributed by atoms with van der Waals surface area (Å²) in [7, 11) is 1.59. The lowest BCUT2D eigenvalue weighted by molar-refractivity contribution is 0.396. The minimum Gasteiger partial charge on any atom is -0.481 e. The Morgan fingerprint density at radius 3 is 2.48 bits per heavy atom. The van der Waals surface area contributed by atoms with Gasteiger partial charge < -0.3 is 14.5 Å². The number of benzene rings is 1. The van der Waals surface area contributed by atoms with Crippen LogP contribution >= 0.6 is 0 Å². The van der Waals surface area contributed by atoms with Crippen LogP contribution in [-0.4, -0.2) is 43.3 Å². The van der Waals surface area contributed by atoms with Crippen molar-refractivity contribution in [1.29, 1.82) is 0 Å². The molecule has 0 bridgehead atoms. The third-order valence-electron chi connectivity index (χ3n) is 3.63. The number of para-hydroxylation sites is 1. The van der Waals surface area contributed by atoms with Gasteiger partial charge in [0.15, 0.2) is 0 Å². The summed E-state index contributed by atoms with van der Waals surface area (Å²) in [6, 6.07) is 8.71. The molecule has 0 saturated carbocycles. The van der Waals surface area contributed by atoms with Gasteiger partial charge >= 0.3 is 0 Å². The molecule has 1 aromatic heterocycles. The van der Waals surface area contributed by atoms with Gasteiger partial charge in [-0.3, -0.25) is 0 Å². The maximum absolute atomic E-state index is 13.8. The Kier molecular flexibility index (Phi) is 3.85. The van der Waals surface area contributed by atoms with Crippen LogP contribution in [0.4, 0.5) is 15.9 Å². The molecule has 1 saturated heterocycles. The fourth-order valence-corrected chi connectivity index (χ4v) is 2.50. The number of aromatic nitrogens is 2. The van der Waals surface area contributed by atoms with Gasteiger partial charge in [-0.2, -0.15) is 0 Å². The van der Waals surface area contributed by atoms with E-state index in [1.165, 1.54) is 12.4 Å². The van der Waals surface area contributed by atoms with Crippen molar-refractivity contribution in [3.63, 3.8) is 0 Å². The van der Waals surface area contributed by atoms with Crippen LogP contribution in [0.2, 0.25) is 0 Å². The van der Waals surface area contributed by atoms with Gasteiger partial charge in [0.25, 0.3) is 0 Å². The summed E-state index contributed by atoms with van der Waals surface area (Å²) in [4.78, 5) is 12.5. The van der Waals surface area contributed by atoms with Crippen LogP contribution in [0.15, 0.2) is 36.7 Å². The van der Waals surface area contributed by atoms with Crippen LogP contribution in [0.3, 0.4) is 0 Å². The molecule has 1 aromatic carbocycles. The highest BCUT2D eigenvalue weighted by Crippen LogP contribution is 2.22. The molecule has 1 aliphatic rings. The van der Waals surface area contributed by atoms with Gasteiger partial charge in [-0.1, -0.05) is 12.1 Å². The fourth-order valence-electron chi connectivity index (χ4n) is 2.50. The van der Waals surface area contributed by atoms with E-state index in [0.29, 0.717) is 11.6 Å². The molecular formula is C15H17FN4O. The number of methoxy groups -OCH3 is 1. The Balaban J connectivity index is 1.69. The van der Waals surface area contributed by atoms with Crippen molar-refractivity contribution in [1.82, 2.24) is 9.97 Å². The molecule has 21 heavy (non-hydrogen) atoms. The van der Waals surface area contributed by atoms with E-state index < -0.39 is 0 Å². The summed E-state index contributed by atoms with van der Waals surface area (Å²) >= 11 is 0. The minimum absolute atomic E-state index is 0.172. The van der Waals surface area contributed by atoms with Crippen molar-refractivity contribution in [2.24, 2.45) is 0 Å². The van der Waals surface area contributed by atoms with E-state index in [2.05, 4.69) is 19.8 Å². The van der Waals surface area contributed by atoms with E-state index in [-0.39, 0.29) is 5.82 Å². The third-order valence-corrected chi connectivity index (χ3v) is 3.63. The van der Waals surface area contributed by atoms with E-state index in [4.69, 9.17) is 4.74 Å². The van der Waals surface area contributed by atoms with Crippen molar-refractivity contribution in [2.75, 3.05) is 43.1 Å². The first-order valence-electron chi connectivity index (χ1n) is 6.88. The second kappa shape index (κ2) is 5.95. The fraction of sp³-hybridized carbons (Fsp3) is 0.333. The van der Waals surface area contributed by atoms with E-state index in [1.807, 2.05) is 18.2 Å². The predicted octanol–water partition coefficient (Wildman–Crippen LogP) is 1.95. The number of piperazine rings is 1. The van der Waals surface area contributed by atoms with Crippen LogP contribution in [-0.2, 0) is 0 Å². The average molecular weight is 288 g/mol. The highest BCUT2D eigenvalue weighted by molar-refractivity contribution is 5.50. The number of hydrogen-bond acceptors (Lipinski definition) is 5. The number of halogens is 1. The summed E-state index contributed by atoms with van der Waals surface area (Å²) < 4.78 is 18.9. The van der Waals surface area contributed by atoms with Gasteiger partial charge in [0, 0.05) is 32.2 Å². The highest BCUT2D eigenvalue weighted by atomic mass is 19.1. The number of rotatable bonds is 3. The van der Waals surface area contributed by atoms with Gasteiger partial charge in [-0.05, 0) is 12.1 Å². The Hall–Kier alpha value is -2.37. The molecule has 1 fully saturated rings. The molecule has 3 rings (SSSR count). The van der Waals surface area contributed by atoms with Crippen LogP contribution in [0.1, 0.15) is 0 Å². The van der Waals surface area contributed by atoms with Crippen LogP contribution < -0.4 is 14.5 Å². The van der Waals surface area contributed by atoms with Crippen molar-refractivity contribution < 1.29 is 9.13 Å². The molecule has 0 amide bonds. The molecule has 0 radical (unpaired) electrons. The maximum atomic E-state index is 13.8. The topological polar surface area (TPSA) is 41.5 Å². The largest absolute Gasteiger partial charge is 0.481 e. The van der Waals surface area contributed by atoms with Crippen LogP contribution in [0.5, 0.6) is 5.88 Å². The Bertz CT molecular complexity index is 614. The normalized spacial score (nSPS) is 15.1. The molecule has 0 spiro atoms. The lowest BCUT2D eigenvalue weighted by Gasteiger charge is -2.36. The summed E-state index contributed by atoms with van der Waals surface area (Å²) in [6.45, 7) is 3.09. The minimum atomic E-state index is -0.172. The first-order valence-corrected chi connectivity index (χ1v) is 6.88. The van der Waals surface area contributed by atoms with Gasteiger partial charge in [-0.25, -0.2) is 14.4 Å². The van der Waals surface area contributed by atoms with Crippen molar-refractivity contribution in [3.8, 4) is 5.88 Å². The number of anilines is 2. The molecule has 5 nitrogen and oxygen atoms in total. The molecule has 0 N–H and O–H groups in total. The lowest BCUT2D eigenvalue weighted by Crippen LogP contribution is -2.47. The molecule has 1 aliphatic heterocycles. The quantitative estimate of drug-likeness (QED) is 0.863.